The van der Waals surface area contributed by atoms with E-state index in [1.807, 2.05) is 6.92 Å². The molecule has 2 amide bonds. The van der Waals surface area contributed by atoms with Crippen molar-refractivity contribution < 1.29 is 23.5 Å². The number of methoxy groups -OCH3 is 1. The molecule has 1 atom stereocenters. The zero-order chi connectivity index (χ0) is 29.1. The van der Waals surface area contributed by atoms with Gasteiger partial charge in [-0.05, 0) is 54.1 Å². The van der Waals surface area contributed by atoms with E-state index in [2.05, 4.69) is 16.9 Å². The number of halogens is 1. The van der Waals surface area contributed by atoms with E-state index in [-0.39, 0.29) is 42.1 Å². The van der Waals surface area contributed by atoms with E-state index in [1.54, 1.807) is 58.2 Å². The highest BCUT2D eigenvalue weighted by Gasteiger charge is 2.34. The number of nitrogens with zero attached hydrogens (tertiary/aromatic N) is 3. The molecule has 9 nitrogen and oxygen atoms in total. The first kappa shape index (κ1) is 27.6. The molecule has 10 heteroatoms. The van der Waals surface area contributed by atoms with Crippen molar-refractivity contribution in [3.63, 3.8) is 0 Å². The summed E-state index contributed by atoms with van der Waals surface area (Å²) in [5, 5.41) is 7.60. The van der Waals surface area contributed by atoms with Crippen molar-refractivity contribution in [1.82, 2.24) is 19.7 Å². The van der Waals surface area contributed by atoms with E-state index in [4.69, 9.17) is 9.84 Å². The van der Waals surface area contributed by atoms with E-state index >= 15 is 0 Å². The number of hydrogen-bond acceptors (Lipinski definition) is 5. The number of carbonyl (C=O) groups is 3. The van der Waals surface area contributed by atoms with E-state index in [0.29, 0.717) is 41.3 Å². The number of ketones is 1. The number of aromatic amines is 1. The Morgan fingerprint density at radius 2 is 1.98 bits per heavy atom. The van der Waals surface area contributed by atoms with E-state index in [9.17, 15) is 18.8 Å². The van der Waals surface area contributed by atoms with Gasteiger partial charge in [-0.2, -0.15) is 5.10 Å². The standard InChI is InChI=1S/C31H30FN5O4/c1-4-24(38)15-21-14-23(11-12-27(21)41-3)34-30(39)28-25-18-36(31(40)26-6-5-13-33-26)16-19(2)29(25)37(35-28)17-20-7-9-22(32)10-8-20/h4-14,19,33H,1,15-18H2,2-3H3,(H,34,39). The number of carbonyl (C=O) groups excluding carboxylic acids is 3. The van der Waals surface area contributed by atoms with Gasteiger partial charge >= 0.3 is 0 Å². The van der Waals surface area contributed by atoms with E-state index in [0.717, 1.165) is 11.3 Å². The van der Waals surface area contributed by atoms with Gasteiger partial charge in [0, 0.05) is 47.6 Å². The van der Waals surface area contributed by atoms with Crippen LogP contribution in [0, 0.1) is 5.82 Å². The average Bonchev–Trinajstić information content (AvgIpc) is 3.63. The van der Waals surface area contributed by atoms with E-state index in [1.165, 1.54) is 25.3 Å². The second kappa shape index (κ2) is 11.6. The minimum atomic E-state index is -0.452. The van der Waals surface area contributed by atoms with Gasteiger partial charge in [0.2, 0.25) is 0 Å². The van der Waals surface area contributed by atoms with Crippen LogP contribution in [0.4, 0.5) is 10.1 Å². The van der Waals surface area contributed by atoms with Gasteiger partial charge in [0.25, 0.3) is 11.8 Å². The van der Waals surface area contributed by atoms with Crippen LogP contribution < -0.4 is 10.1 Å². The Kier molecular flexibility index (Phi) is 7.82. The Morgan fingerprint density at radius 3 is 2.66 bits per heavy atom. The van der Waals surface area contributed by atoms with Crippen molar-refractivity contribution in [2.75, 3.05) is 19.0 Å². The Hall–Kier alpha value is -4.99. The molecule has 4 aromatic rings. The Labute approximate surface area is 236 Å². The molecule has 41 heavy (non-hydrogen) atoms. The highest BCUT2D eigenvalue weighted by molar-refractivity contribution is 6.04. The maximum Gasteiger partial charge on any atom is 0.276 e. The van der Waals surface area contributed by atoms with E-state index < -0.39 is 5.91 Å². The molecule has 0 bridgehead atoms. The first-order valence-corrected chi connectivity index (χ1v) is 13.2. The Bertz CT molecular complexity index is 1610. The predicted molar refractivity (Wildman–Crippen MR) is 152 cm³/mol. The highest BCUT2D eigenvalue weighted by atomic mass is 19.1. The molecule has 0 radical (unpaired) electrons. The molecule has 3 heterocycles. The lowest BCUT2D eigenvalue weighted by atomic mass is 9.95. The van der Waals surface area contributed by atoms with Crippen molar-refractivity contribution in [3.8, 4) is 5.75 Å². The number of aromatic nitrogens is 3. The number of anilines is 1. The fraction of sp³-hybridized carbons (Fsp3) is 0.226. The summed E-state index contributed by atoms with van der Waals surface area (Å²) in [6.07, 6.45) is 3.01. The second-order valence-electron chi connectivity index (χ2n) is 9.99. The molecule has 0 aliphatic carbocycles. The smallest absolute Gasteiger partial charge is 0.276 e. The molecule has 5 rings (SSSR count). The lowest BCUT2D eigenvalue weighted by Gasteiger charge is -2.32. The number of ether oxygens (including phenoxy) is 1. The minimum absolute atomic E-state index is 0.0748. The third kappa shape index (κ3) is 5.81. The largest absolute Gasteiger partial charge is 0.496 e. The van der Waals surface area contributed by atoms with Crippen LogP contribution in [0.15, 0.2) is 73.4 Å². The molecule has 0 spiro atoms. The number of H-pyrrole nitrogens is 1. The van der Waals surface area contributed by atoms with Crippen LogP contribution in [0.5, 0.6) is 5.75 Å². The van der Waals surface area contributed by atoms with Crippen molar-refractivity contribution in [2.45, 2.75) is 32.4 Å². The van der Waals surface area contributed by atoms with Crippen molar-refractivity contribution >= 4 is 23.3 Å². The number of amides is 2. The van der Waals surface area contributed by atoms with Gasteiger partial charge in [-0.15, -0.1) is 0 Å². The zero-order valence-electron chi connectivity index (χ0n) is 22.8. The molecule has 1 unspecified atom stereocenters. The third-order valence-electron chi connectivity index (χ3n) is 7.11. The van der Waals surface area contributed by atoms with Crippen molar-refractivity contribution in [3.05, 3.63) is 113 Å². The minimum Gasteiger partial charge on any atom is -0.496 e. The monoisotopic (exact) mass is 555 g/mol. The van der Waals surface area contributed by atoms with Crippen LogP contribution in [0.1, 0.15) is 56.2 Å². The number of hydrogen-bond donors (Lipinski definition) is 2. The van der Waals surface area contributed by atoms with Gasteiger partial charge in [-0.25, -0.2) is 4.39 Å². The Morgan fingerprint density at radius 1 is 1.20 bits per heavy atom. The lowest BCUT2D eigenvalue weighted by Crippen LogP contribution is -2.38. The molecule has 0 saturated carbocycles. The molecule has 2 aromatic carbocycles. The van der Waals surface area contributed by atoms with Gasteiger partial charge in [0.1, 0.15) is 17.3 Å². The third-order valence-corrected chi connectivity index (χ3v) is 7.11. The van der Waals surface area contributed by atoms with Gasteiger partial charge in [-0.3, -0.25) is 19.1 Å². The number of nitrogens with one attached hydrogen (secondary N) is 2. The molecule has 2 N–H and O–H groups in total. The number of benzene rings is 2. The maximum absolute atomic E-state index is 13.7. The predicted octanol–water partition coefficient (Wildman–Crippen LogP) is 4.72. The molecule has 0 saturated heterocycles. The van der Waals surface area contributed by atoms with Gasteiger partial charge in [0.05, 0.1) is 20.2 Å². The fourth-order valence-corrected chi connectivity index (χ4v) is 5.19. The van der Waals surface area contributed by atoms with Crippen LogP contribution in [0.3, 0.4) is 0 Å². The van der Waals surface area contributed by atoms with Crippen LogP contribution in [-0.4, -0.2) is 50.9 Å². The van der Waals surface area contributed by atoms with Crippen LogP contribution in [0.2, 0.25) is 0 Å². The van der Waals surface area contributed by atoms with Crippen LogP contribution >= 0.6 is 0 Å². The van der Waals surface area contributed by atoms with Gasteiger partial charge in [0.15, 0.2) is 11.5 Å². The Balaban J connectivity index is 1.50. The number of fused-ring (bicyclic) bond motifs is 1. The summed E-state index contributed by atoms with van der Waals surface area (Å²) < 4.78 is 20.7. The summed E-state index contributed by atoms with van der Waals surface area (Å²) >= 11 is 0. The number of allylic oxidation sites excluding steroid dienone is 1. The fourth-order valence-electron chi connectivity index (χ4n) is 5.19. The molecular formula is C31H30FN5O4. The second-order valence-corrected chi connectivity index (χ2v) is 9.99. The molecule has 2 aromatic heterocycles. The summed E-state index contributed by atoms with van der Waals surface area (Å²) in [5.74, 6) is -0.738. The summed E-state index contributed by atoms with van der Waals surface area (Å²) in [4.78, 5) is 43.6. The molecule has 1 aliphatic rings. The van der Waals surface area contributed by atoms with Crippen LogP contribution in [0.25, 0.3) is 0 Å². The highest BCUT2D eigenvalue weighted by Crippen LogP contribution is 2.33. The topological polar surface area (TPSA) is 109 Å². The van der Waals surface area contributed by atoms with Gasteiger partial charge in [-0.1, -0.05) is 25.6 Å². The quantitative estimate of drug-likeness (QED) is 0.291. The molecular weight excluding hydrogens is 525 g/mol. The maximum atomic E-state index is 13.7. The average molecular weight is 556 g/mol. The first-order valence-electron chi connectivity index (χ1n) is 13.2. The van der Waals surface area contributed by atoms with Gasteiger partial charge < -0.3 is 19.9 Å². The summed E-state index contributed by atoms with van der Waals surface area (Å²) in [6, 6.07) is 14.7. The molecule has 210 valence electrons. The summed E-state index contributed by atoms with van der Waals surface area (Å²) in [7, 11) is 1.51. The van der Waals surface area contributed by atoms with Crippen molar-refractivity contribution in [1.29, 1.82) is 0 Å². The normalized spacial score (nSPS) is 14.3. The van der Waals surface area contributed by atoms with Crippen LogP contribution in [-0.2, 0) is 24.3 Å². The molecule has 1 aliphatic heterocycles. The zero-order valence-corrected chi connectivity index (χ0v) is 22.8. The lowest BCUT2D eigenvalue weighted by molar-refractivity contribution is -0.114. The summed E-state index contributed by atoms with van der Waals surface area (Å²) in [5.41, 5.74) is 4.05. The molecule has 0 fully saturated rings. The number of rotatable bonds is 9. The first-order chi connectivity index (χ1) is 19.8. The van der Waals surface area contributed by atoms with Crippen molar-refractivity contribution in [2.24, 2.45) is 0 Å². The summed E-state index contributed by atoms with van der Waals surface area (Å²) in [6.45, 7) is 6.49. The SMILES string of the molecule is C=CC(=O)Cc1cc(NC(=O)c2nn(Cc3ccc(F)cc3)c3c2CN(C(=O)c2ccc[nH]2)CC3C)ccc1OC.